The Morgan fingerprint density at radius 1 is 1.23 bits per heavy atom. The van der Waals surface area contributed by atoms with Gasteiger partial charge in [0.05, 0.1) is 24.2 Å². The number of hydrogen-bond donors (Lipinski definition) is 0. The van der Waals surface area contributed by atoms with Crippen LogP contribution >= 0.6 is 0 Å². The molecule has 0 spiro atoms. The first-order valence-corrected chi connectivity index (χ1v) is 9.13. The predicted molar refractivity (Wildman–Crippen MR) is 82.0 cm³/mol. The molecule has 1 aliphatic heterocycles. The Hall–Kier alpha value is -1.24. The van der Waals surface area contributed by atoms with Gasteiger partial charge in [0.15, 0.2) is 0 Å². The number of morpholine rings is 1. The largest absolute Gasteiger partial charge is 0.378 e. The quantitative estimate of drug-likeness (QED) is 0.850. The Labute approximate surface area is 131 Å². The van der Waals surface area contributed by atoms with Crippen molar-refractivity contribution in [2.75, 3.05) is 19.8 Å². The molecule has 1 aliphatic carbocycles. The number of ketones is 1. The zero-order chi connectivity index (χ0) is 15.7. The van der Waals surface area contributed by atoms with Crippen LogP contribution in [0.5, 0.6) is 0 Å². The Kier molecular flexibility index (Phi) is 4.34. The van der Waals surface area contributed by atoms with E-state index in [0.717, 1.165) is 18.4 Å². The van der Waals surface area contributed by atoms with Crippen LogP contribution in [0, 0.1) is 12.8 Å². The van der Waals surface area contributed by atoms with Crippen LogP contribution in [0.1, 0.15) is 24.8 Å². The van der Waals surface area contributed by atoms with E-state index >= 15 is 0 Å². The highest BCUT2D eigenvalue weighted by molar-refractivity contribution is 7.89. The zero-order valence-corrected chi connectivity index (χ0v) is 13.5. The maximum Gasteiger partial charge on any atom is 0.243 e. The summed E-state index contributed by atoms with van der Waals surface area (Å²) in [5, 5.41) is 0. The lowest BCUT2D eigenvalue weighted by Crippen LogP contribution is -2.52. The number of sulfonamides is 1. The molecule has 6 heteroatoms. The second-order valence-corrected chi connectivity index (χ2v) is 7.93. The third kappa shape index (κ3) is 2.83. The Morgan fingerprint density at radius 2 is 1.95 bits per heavy atom. The lowest BCUT2D eigenvalue weighted by molar-refractivity contribution is -0.123. The highest BCUT2D eigenvalue weighted by Gasteiger charge is 2.42. The van der Waals surface area contributed by atoms with Crippen LogP contribution in [0.25, 0.3) is 0 Å². The fourth-order valence-corrected chi connectivity index (χ4v) is 4.95. The van der Waals surface area contributed by atoms with Gasteiger partial charge < -0.3 is 4.74 Å². The number of Topliss-reactive ketones (excluding diaryl/α,β-unsaturated/α-hetero) is 1. The second-order valence-electron chi connectivity index (χ2n) is 6.04. The minimum atomic E-state index is -3.59. The summed E-state index contributed by atoms with van der Waals surface area (Å²) in [4.78, 5) is 12.3. The van der Waals surface area contributed by atoms with Crippen molar-refractivity contribution in [1.82, 2.24) is 4.31 Å². The maximum atomic E-state index is 12.9. The summed E-state index contributed by atoms with van der Waals surface area (Å²) in [7, 11) is -3.59. The third-order valence-corrected chi connectivity index (χ3v) is 6.50. The lowest BCUT2D eigenvalue weighted by atomic mass is 9.97. The molecule has 1 saturated heterocycles. The first kappa shape index (κ1) is 15.6. The standard InChI is InChI=1S/C16H21NO4S/c1-12-5-7-13(8-6-12)22(19,20)17-9-10-21-11-15(17)14-3-2-4-16(14)18/h5-8,14-15H,2-4,9-11H2,1H3/t14-,15+/m0/s1. The van der Waals surface area contributed by atoms with Crippen LogP contribution in [0.15, 0.2) is 29.2 Å². The van der Waals surface area contributed by atoms with E-state index in [2.05, 4.69) is 0 Å². The second kappa shape index (κ2) is 6.10. The van der Waals surface area contributed by atoms with Gasteiger partial charge in [-0.1, -0.05) is 17.7 Å². The number of hydrogen-bond acceptors (Lipinski definition) is 4. The molecule has 2 fully saturated rings. The van der Waals surface area contributed by atoms with Crippen molar-refractivity contribution in [3.8, 4) is 0 Å². The van der Waals surface area contributed by atoms with Gasteiger partial charge in [0.2, 0.25) is 10.0 Å². The van der Waals surface area contributed by atoms with Crippen LogP contribution in [-0.2, 0) is 19.6 Å². The van der Waals surface area contributed by atoms with Crippen molar-refractivity contribution < 1.29 is 17.9 Å². The van der Waals surface area contributed by atoms with Crippen molar-refractivity contribution in [1.29, 1.82) is 0 Å². The van der Waals surface area contributed by atoms with Crippen molar-refractivity contribution in [2.24, 2.45) is 5.92 Å². The summed E-state index contributed by atoms with van der Waals surface area (Å²) in [6.45, 7) is 2.92. The number of rotatable bonds is 3. The van der Waals surface area contributed by atoms with Crippen molar-refractivity contribution in [3.63, 3.8) is 0 Å². The van der Waals surface area contributed by atoms with Gasteiger partial charge in [-0.2, -0.15) is 4.31 Å². The number of ether oxygens (including phenoxy) is 1. The molecule has 22 heavy (non-hydrogen) atoms. The summed E-state index contributed by atoms with van der Waals surface area (Å²) in [6.07, 6.45) is 2.16. The molecule has 0 aromatic heterocycles. The minimum absolute atomic E-state index is 0.166. The monoisotopic (exact) mass is 323 g/mol. The van der Waals surface area contributed by atoms with Crippen LogP contribution in [0.2, 0.25) is 0 Å². The molecule has 0 unspecified atom stereocenters. The number of nitrogens with zero attached hydrogens (tertiary/aromatic N) is 1. The van der Waals surface area contributed by atoms with E-state index in [1.807, 2.05) is 6.92 Å². The Balaban J connectivity index is 1.92. The molecule has 3 rings (SSSR count). The van der Waals surface area contributed by atoms with Gasteiger partial charge in [0, 0.05) is 18.9 Å². The van der Waals surface area contributed by atoms with Crippen molar-refractivity contribution in [3.05, 3.63) is 29.8 Å². The molecule has 1 aromatic rings. The molecule has 1 aromatic carbocycles. The molecule has 120 valence electrons. The molecule has 0 radical (unpaired) electrons. The molecule has 1 heterocycles. The summed E-state index contributed by atoms with van der Waals surface area (Å²) in [5.41, 5.74) is 1.02. The smallest absolute Gasteiger partial charge is 0.243 e. The van der Waals surface area contributed by atoms with Gasteiger partial charge in [-0.15, -0.1) is 0 Å². The molecule has 1 saturated carbocycles. The zero-order valence-electron chi connectivity index (χ0n) is 12.7. The van der Waals surface area contributed by atoms with E-state index in [-0.39, 0.29) is 22.6 Å². The highest BCUT2D eigenvalue weighted by Crippen LogP contribution is 2.32. The number of aryl methyl sites for hydroxylation is 1. The number of carbonyl (C=O) groups is 1. The van der Waals surface area contributed by atoms with Gasteiger partial charge >= 0.3 is 0 Å². The molecular formula is C16H21NO4S. The van der Waals surface area contributed by atoms with E-state index < -0.39 is 10.0 Å². The summed E-state index contributed by atoms with van der Waals surface area (Å²) in [5.74, 6) is -0.0554. The predicted octanol–water partition coefficient (Wildman–Crippen LogP) is 1.75. The highest BCUT2D eigenvalue weighted by atomic mass is 32.2. The van der Waals surface area contributed by atoms with Gasteiger partial charge in [0.25, 0.3) is 0 Å². The van der Waals surface area contributed by atoms with E-state index in [1.165, 1.54) is 4.31 Å². The number of carbonyl (C=O) groups excluding carboxylic acids is 1. The average Bonchev–Trinajstić information content (AvgIpc) is 2.94. The summed E-state index contributed by atoms with van der Waals surface area (Å²) >= 11 is 0. The maximum absolute atomic E-state index is 12.9. The minimum Gasteiger partial charge on any atom is -0.378 e. The SMILES string of the molecule is Cc1ccc(S(=O)(=O)N2CCOC[C@@H]2[C@@H]2CCCC2=O)cc1. The van der Waals surface area contributed by atoms with E-state index in [4.69, 9.17) is 4.74 Å². The number of benzene rings is 1. The topological polar surface area (TPSA) is 63.7 Å². The van der Waals surface area contributed by atoms with Gasteiger partial charge in [-0.3, -0.25) is 4.79 Å². The first-order valence-electron chi connectivity index (χ1n) is 7.69. The molecule has 2 atom stereocenters. The molecule has 5 nitrogen and oxygen atoms in total. The van der Waals surface area contributed by atoms with Gasteiger partial charge in [0.1, 0.15) is 5.78 Å². The Bertz CT molecular complexity index is 653. The molecule has 0 bridgehead atoms. The summed E-state index contributed by atoms with van der Waals surface area (Å²) < 4.78 is 32.8. The first-order chi connectivity index (χ1) is 10.5. The third-order valence-electron chi connectivity index (χ3n) is 4.56. The van der Waals surface area contributed by atoms with Crippen molar-refractivity contribution in [2.45, 2.75) is 37.1 Å². The van der Waals surface area contributed by atoms with E-state index in [1.54, 1.807) is 24.3 Å². The lowest BCUT2D eigenvalue weighted by Gasteiger charge is -2.37. The van der Waals surface area contributed by atoms with Crippen LogP contribution < -0.4 is 0 Å². The van der Waals surface area contributed by atoms with Gasteiger partial charge in [-0.05, 0) is 31.9 Å². The van der Waals surface area contributed by atoms with Crippen LogP contribution in [0.4, 0.5) is 0 Å². The molecule has 0 amide bonds. The average molecular weight is 323 g/mol. The van der Waals surface area contributed by atoms with E-state index in [0.29, 0.717) is 26.2 Å². The molecular weight excluding hydrogens is 302 g/mol. The van der Waals surface area contributed by atoms with Gasteiger partial charge in [-0.25, -0.2) is 8.42 Å². The molecule has 2 aliphatic rings. The Morgan fingerprint density at radius 3 is 2.59 bits per heavy atom. The molecule has 0 N–H and O–H groups in total. The normalized spacial score (nSPS) is 27.2. The van der Waals surface area contributed by atoms with Crippen molar-refractivity contribution >= 4 is 15.8 Å². The van der Waals surface area contributed by atoms with E-state index in [9.17, 15) is 13.2 Å². The van der Waals surface area contributed by atoms with Crippen LogP contribution in [0.3, 0.4) is 0 Å². The fraction of sp³-hybridized carbons (Fsp3) is 0.562. The van der Waals surface area contributed by atoms with Crippen LogP contribution in [-0.4, -0.2) is 44.3 Å². The fourth-order valence-electron chi connectivity index (χ4n) is 3.32. The summed E-state index contributed by atoms with van der Waals surface area (Å²) in [6, 6.07) is 6.49.